The van der Waals surface area contributed by atoms with E-state index in [2.05, 4.69) is 32.3 Å². The van der Waals surface area contributed by atoms with Gasteiger partial charge >= 0.3 is 0 Å². The van der Waals surface area contributed by atoms with E-state index >= 15 is 0 Å². The van der Waals surface area contributed by atoms with Crippen LogP contribution in [0.3, 0.4) is 0 Å². The van der Waals surface area contributed by atoms with Crippen molar-refractivity contribution in [1.29, 1.82) is 0 Å². The maximum Gasteiger partial charge on any atom is 0.127 e. The Morgan fingerprint density at radius 1 is 1.29 bits per heavy atom. The fraction of sp³-hybridized carbons (Fsp3) is 0.786. The Morgan fingerprint density at radius 2 is 1.88 bits per heavy atom. The second-order valence-electron chi connectivity index (χ2n) is 6.18. The number of nitrogen functional groups attached to an aromatic ring is 1. The van der Waals surface area contributed by atoms with Crippen LogP contribution in [0.1, 0.15) is 70.8 Å². The number of hydrogen-bond acceptors (Lipinski definition) is 2. The number of nitrogens with two attached hydrogens (primary N) is 1. The molecule has 0 spiro atoms. The van der Waals surface area contributed by atoms with E-state index in [4.69, 9.17) is 10.7 Å². The number of aromatic nitrogens is 2. The molecule has 0 bridgehead atoms. The lowest BCUT2D eigenvalue weighted by Crippen LogP contribution is -2.15. The number of imidazole rings is 1. The van der Waals surface area contributed by atoms with Gasteiger partial charge in [0.15, 0.2) is 0 Å². The predicted octanol–water partition coefficient (Wildman–Crippen LogP) is 3.44. The fourth-order valence-corrected chi connectivity index (χ4v) is 2.86. The number of nitrogens with zero attached hydrogens (tertiary/aromatic N) is 2. The number of hydrogen-bond donors (Lipinski definition) is 1. The number of rotatable bonds is 2. The Kier molecular flexibility index (Phi) is 3.19. The largest absolute Gasteiger partial charge is 0.384 e. The van der Waals surface area contributed by atoms with Crippen molar-refractivity contribution >= 4 is 5.82 Å². The molecule has 96 valence electrons. The van der Waals surface area contributed by atoms with Gasteiger partial charge in [-0.05, 0) is 19.8 Å². The zero-order valence-electron chi connectivity index (χ0n) is 11.6. The van der Waals surface area contributed by atoms with E-state index in [1.807, 2.05) is 0 Å². The van der Waals surface area contributed by atoms with Gasteiger partial charge in [-0.1, -0.05) is 33.6 Å². The van der Waals surface area contributed by atoms with Gasteiger partial charge in [-0.3, -0.25) is 0 Å². The molecule has 0 atom stereocenters. The van der Waals surface area contributed by atoms with Crippen molar-refractivity contribution < 1.29 is 0 Å². The third-order valence-corrected chi connectivity index (χ3v) is 3.78. The Hall–Kier alpha value is -0.990. The normalized spacial score (nSPS) is 17.9. The van der Waals surface area contributed by atoms with Crippen LogP contribution in [0.15, 0.2) is 0 Å². The minimum atomic E-state index is 0.0395. The van der Waals surface area contributed by atoms with Gasteiger partial charge in [0, 0.05) is 17.9 Å². The van der Waals surface area contributed by atoms with Gasteiger partial charge in [0.25, 0.3) is 0 Å². The molecular weight excluding hydrogens is 210 g/mol. The van der Waals surface area contributed by atoms with Crippen LogP contribution in [0.2, 0.25) is 0 Å². The van der Waals surface area contributed by atoms with E-state index in [1.54, 1.807) is 0 Å². The molecule has 1 fully saturated rings. The second-order valence-corrected chi connectivity index (χ2v) is 6.18. The van der Waals surface area contributed by atoms with Gasteiger partial charge in [0.2, 0.25) is 0 Å². The first-order valence-corrected chi connectivity index (χ1v) is 6.81. The van der Waals surface area contributed by atoms with Crippen molar-refractivity contribution in [3.63, 3.8) is 0 Å². The van der Waals surface area contributed by atoms with E-state index in [1.165, 1.54) is 31.5 Å². The monoisotopic (exact) mass is 235 g/mol. The van der Waals surface area contributed by atoms with Crippen LogP contribution in [0.4, 0.5) is 5.82 Å². The Morgan fingerprint density at radius 3 is 2.35 bits per heavy atom. The molecule has 0 saturated heterocycles. The quantitative estimate of drug-likeness (QED) is 0.853. The van der Waals surface area contributed by atoms with E-state index in [9.17, 15) is 0 Å². The average Bonchev–Trinajstić information content (AvgIpc) is 2.82. The summed E-state index contributed by atoms with van der Waals surface area (Å²) >= 11 is 0. The van der Waals surface area contributed by atoms with Crippen LogP contribution < -0.4 is 5.73 Å². The van der Waals surface area contributed by atoms with Crippen LogP contribution in [0.5, 0.6) is 0 Å². The zero-order valence-corrected chi connectivity index (χ0v) is 11.6. The fourth-order valence-electron chi connectivity index (χ4n) is 2.86. The van der Waals surface area contributed by atoms with Crippen molar-refractivity contribution in [3.05, 3.63) is 11.5 Å². The number of anilines is 1. The lowest BCUT2D eigenvalue weighted by atomic mass is 9.92. The maximum absolute atomic E-state index is 6.27. The molecule has 2 rings (SSSR count). The van der Waals surface area contributed by atoms with Crippen molar-refractivity contribution in [1.82, 2.24) is 9.55 Å². The summed E-state index contributed by atoms with van der Waals surface area (Å²) in [6, 6.07) is 0. The molecule has 0 amide bonds. The third-order valence-electron chi connectivity index (χ3n) is 3.78. The molecule has 3 nitrogen and oxygen atoms in total. The molecule has 0 aliphatic heterocycles. The first-order valence-electron chi connectivity index (χ1n) is 6.81. The van der Waals surface area contributed by atoms with E-state index in [0.29, 0.717) is 5.92 Å². The maximum atomic E-state index is 6.27. The Balaban J connectivity index is 2.44. The standard InChI is InChI=1S/C14H25N3/c1-5-17-12(15)11(14(2,3)4)16-13(17)10-8-6-7-9-10/h10H,5-9,15H2,1-4H3. The summed E-state index contributed by atoms with van der Waals surface area (Å²) in [6.45, 7) is 9.64. The van der Waals surface area contributed by atoms with E-state index in [-0.39, 0.29) is 5.41 Å². The molecule has 1 aromatic heterocycles. The van der Waals surface area contributed by atoms with E-state index in [0.717, 1.165) is 18.1 Å². The van der Waals surface area contributed by atoms with Crippen molar-refractivity contribution in [2.45, 2.75) is 71.3 Å². The van der Waals surface area contributed by atoms with Gasteiger partial charge < -0.3 is 10.3 Å². The highest BCUT2D eigenvalue weighted by molar-refractivity contribution is 5.43. The van der Waals surface area contributed by atoms with E-state index < -0.39 is 0 Å². The molecule has 2 N–H and O–H groups in total. The molecule has 1 aliphatic carbocycles. The van der Waals surface area contributed by atoms with Crippen molar-refractivity contribution in [3.8, 4) is 0 Å². The molecular formula is C14H25N3. The lowest BCUT2D eigenvalue weighted by molar-refractivity contribution is 0.567. The van der Waals surface area contributed by atoms with Gasteiger partial charge in [-0.2, -0.15) is 0 Å². The molecule has 3 heteroatoms. The first kappa shape index (κ1) is 12.5. The van der Waals surface area contributed by atoms with Crippen molar-refractivity contribution in [2.24, 2.45) is 0 Å². The summed E-state index contributed by atoms with van der Waals surface area (Å²) in [5, 5.41) is 0. The van der Waals surface area contributed by atoms with Crippen LogP contribution in [-0.4, -0.2) is 9.55 Å². The zero-order chi connectivity index (χ0) is 12.6. The highest BCUT2D eigenvalue weighted by Crippen LogP contribution is 2.37. The highest BCUT2D eigenvalue weighted by atomic mass is 15.1. The minimum Gasteiger partial charge on any atom is -0.384 e. The van der Waals surface area contributed by atoms with Gasteiger partial charge in [0.05, 0.1) is 5.69 Å². The highest BCUT2D eigenvalue weighted by Gasteiger charge is 2.28. The molecule has 17 heavy (non-hydrogen) atoms. The van der Waals surface area contributed by atoms with Crippen LogP contribution >= 0.6 is 0 Å². The van der Waals surface area contributed by atoms with Gasteiger partial charge in [-0.15, -0.1) is 0 Å². The lowest BCUT2D eigenvalue weighted by Gasteiger charge is -2.16. The Bertz CT molecular complexity index is 392. The summed E-state index contributed by atoms with van der Waals surface area (Å²) in [6.07, 6.45) is 5.23. The third kappa shape index (κ3) is 2.20. The van der Waals surface area contributed by atoms with Crippen molar-refractivity contribution in [2.75, 3.05) is 5.73 Å². The summed E-state index contributed by atoms with van der Waals surface area (Å²) in [5.41, 5.74) is 7.38. The SMILES string of the molecule is CCn1c(C2CCCC2)nc(C(C)(C)C)c1N. The Labute approximate surface area is 104 Å². The van der Waals surface area contributed by atoms with Gasteiger partial charge in [0.1, 0.15) is 11.6 Å². The van der Waals surface area contributed by atoms with Crippen LogP contribution in [-0.2, 0) is 12.0 Å². The summed E-state index contributed by atoms with van der Waals surface area (Å²) in [4.78, 5) is 4.87. The predicted molar refractivity (Wildman–Crippen MR) is 72.2 cm³/mol. The molecule has 0 aromatic carbocycles. The summed E-state index contributed by atoms with van der Waals surface area (Å²) < 4.78 is 2.22. The molecule has 0 radical (unpaired) electrons. The molecule has 1 saturated carbocycles. The minimum absolute atomic E-state index is 0.0395. The average molecular weight is 235 g/mol. The molecule has 1 heterocycles. The molecule has 0 unspecified atom stereocenters. The smallest absolute Gasteiger partial charge is 0.127 e. The van der Waals surface area contributed by atoms with Gasteiger partial charge in [-0.25, -0.2) is 4.98 Å². The molecule has 1 aliphatic rings. The van der Waals surface area contributed by atoms with Crippen LogP contribution in [0, 0.1) is 0 Å². The second kappa shape index (κ2) is 4.35. The molecule has 1 aromatic rings. The summed E-state index contributed by atoms with van der Waals surface area (Å²) in [7, 11) is 0. The summed E-state index contributed by atoms with van der Waals surface area (Å²) in [5.74, 6) is 2.74. The van der Waals surface area contributed by atoms with Crippen LogP contribution in [0.25, 0.3) is 0 Å². The topological polar surface area (TPSA) is 43.8 Å². The first-order chi connectivity index (χ1) is 7.95.